The van der Waals surface area contributed by atoms with E-state index in [1.807, 2.05) is 13.8 Å². The first-order valence-electron chi connectivity index (χ1n) is 7.94. The molecule has 25 heavy (non-hydrogen) atoms. The highest BCUT2D eigenvalue weighted by atomic mass is 16.5. The lowest BCUT2D eigenvalue weighted by molar-refractivity contribution is -0.132. The maximum Gasteiger partial charge on any atom is 0.352 e. The number of aromatic nitrogens is 3. The Morgan fingerprint density at radius 2 is 2.08 bits per heavy atom. The number of carbonyl (C=O) groups is 2. The van der Waals surface area contributed by atoms with Crippen molar-refractivity contribution < 1.29 is 19.2 Å². The molecule has 0 aromatic carbocycles. The monoisotopic (exact) mass is 345 g/mol. The lowest BCUT2D eigenvalue weighted by Gasteiger charge is -2.49. The fourth-order valence-corrected chi connectivity index (χ4v) is 3.54. The Labute approximate surface area is 143 Å². The zero-order valence-electron chi connectivity index (χ0n) is 14.4. The Morgan fingerprint density at radius 3 is 2.64 bits per heavy atom. The Morgan fingerprint density at radius 1 is 1.40 bits per heavy atom. The maximum atomic E-state index is 12.1. The van der Waals surface area contributed by atoms with Crippen LogP contribution in [0.5, 0.6) is 0 Å². The van der Waals surface area contributed by atoms with Gasteiger partial charge in [-0.05, 0) is 37.3 Å². The number of carbonyl (C=O) groups excluding carboxylic acids is 1. The van der Waals surface area contributed by atoms with Crippen LogP contribution in [0, 0.1) is 18.3 Å². The van der Waals surface area contributed by atoms with Gasteiger partial charge in [0.25, 0.3) is 5.56 Å². The molecule has 0 bridgehead atoms. The second kappa shape index (κ2) is 5.65. The normalized spacial score (nSPS) is 21.6. The second-order valence-corrected chi connectivity index (χ2v) is 7.10. The van der Waals surface area contributed by atoms with Crippen molar-refractivity contribution in [1.29, 1.82) is 0 Å². The van der Waals surface area contributed by atoms with E-state index >= 15 is 0 Å². The first kappa shape index (κ1) is 17.1. The largest absolute Gasteiger partial charge is 0.477 e. The van der Waals surface area contributed by atoms with Crippen LogP contribution in [-0.2, 0) is 4.79 Å². The average Bonchev–Trinajstić information content (AvgIpc) is 2.96. The van der Waals surface area contributed by atoms with Crippen molar-refractivity contribution in [3.05, 3.63) is 33.6 Å². The number of aromatic carboxylic acids is 1. The van der Waals surface area contributed by atoms with Gasteiger partial charge in [-0.1, -0.05) is 19.0 Å². The highest BCUT2D eigenvalue weighted by Crippen LogP contribution is 2.56. The number of aryl methyl sites for hydroxylation is 1. The van der Waals surface area contributed by atoms with Crippen molar-refractivity contribution in [3.8, 4) is 11.4 Å². The van der Waals surface area contributed by atoms with Crippen LogP contribution < -0.4 is 5.56 Å². The summed E-state index contributed by atoms with van der Waals surface area (Å²) in [6, 6.07) is 1.43. The highest BCUT2D eigenvalue weighted by Gasteiger charge is 2.53. The van der Waals surface area contributed by atoms with Gasteiger partial charge < -0.3 is 14.6 Å². The SMILES string of the molecule is CC(=O)[C@@H]1C[C@H](c2nc(-c3cc(C)c(C(=O)O)[nH]c3=O)no2)C1(C)C. The van der Waals surface area contributed by atoms with E-state index in [-0.39, 0.29) is 40.1 Å². The van der Waals surface area contributed by atoms with Gasteiger partial charge in [-0.2, -0.15) is 4.98 Å². The first-order valence-corrected chi connectivity index (χ1v) is 7.94. The molecule has 2 aromatic heterocycles. The smallest absolute Gasteiger partial charge is 0.352 e. The van der Waals surface area contributed by atoms with Gasteiger partial charge in [-0.3, -0.25) is 9.59 Å². The van der Waals surface area contributed by atoms with Crippen molar-refractivity contribution >= 4 is 11.8 Å². The molecule has 0 saturated heterocycles. The van der Waals surface area contributed by atoms with E-state index in [2.05, 4.69) is 15.1 Å². The minimum absolute atomic E-state index is 0.0478. The third-order valence-electron chi connectivity index (χ3n) is 5.19. The zero-order valence-corrected chi connectivity index (χ0v) is 14.4. The van der Waals surface area contributed by atoms with E-state index in [1.165, 1.54) is 6.07 Å². The van der Waals surface area contributed by atoms with Crippen LogP contribution in [0.1, 0.15) is 55.1 Å². The predicted molar refractivity (Wildman–Crippen MR) is 87.4 cm³/mol. The minimum Gasteiger partial charge on any atom is -0.477 e. The van der Waals surface area contributed by atoms with Crippen molar-refractivity contribution in [2.75, 3.05) is 0 Å². The van der Waals surface area contributed by atoms with Gasteiger partial charge in [-0.15, -0.1) is 0 Å². The van der Waals surface area contributed by atoms with Crippen molar-refractivity contribution in [2.45, 2.75) is 40.0 Å². The van der Waals surface area contributed by atoms with Crippen molar-refractivity contribution in [1.82, 2.24) is 15.1 Å². The van der Waals surface area contributed by atoms with Crippen LogP contribution in [0.2, 0.25) is 0 Å². The number of Topliss-reactive ketones (excluding diaryl/α,β-unsaturated/α-hetero) is 1. The number of H-pyrrole nitrogens is 1. The molecule has 8 nitrogen and oxygen atoms in total. The second-order valence-electron chi connectivity index (χ2n) is 7.10. The van der Waals surface area contributed by atoms with Gasteiger partial charge >= 0.3 is 5.97 Å². The van der Waals surface area contributed by atoms with Crippen LogP contribution in [-0.4, -0.2) is 32.0 Å². The summed E-state index contributed by atoms with van der Waals surface area (Å²) in [6.45, 7) is 7.12. The van der Waals surface area contributed by atoms with E-state index in [4.69, 9.17) is 9.63 Å². The number of carboxylic acid groups (broad SMARTS) is 1. The molecule has 2 aromatic rings. The maximum absolute atomic E-state index is 12.1. The molecule has 2 N–H and O–H groups in total. The van der Waals surface area contributed by atoms with E-state index in [0.29, 0.717) is 17.9 Å². The van der Waals surface area contributed by atoms with Crippen molar-refractivity contribution in [3.63, 3.8) is 0 Å². The molecular weight excluding hydrogens is 326 g/mol. The lowest BCUT2D eigenvalue weighted by atomic mass is 9.53. The number of aromatic amines is 1. The van der Waals surface area contributed by atoms with Gasteiger partial charge in [0.05, 0.1) is 5.56 Å². The number of nitrogens with zero attached hydrogens (tertiary/aromatic N) is 2. The average molecular weight is 345 g/mol. The van der Waals surface area contributed by atoms with Crippen LogP contribution in [0.15, 0.2) is 15.4 Å². The number of hydrogen-bond donors (Lipinski definition) is 2. The van der Waals surface area contributed by atoms with Gasteiger partial charge in [-0.25, -0.2) is 4.79 Å². The molecule has 132 valence electrons. The molecule has 1 aliphatic rings. The molecule has 0 aliphatic heterocycles. The molecule has 1 aliphatic carbocycles. The first-order chi connectivity index (χ1) is 11.6. The summed E-state index contributed by atoms with van der Waals surface area (Å²) >= 11 is 0. The molecule has 0 unspecified atom stereocenters. The van der Waals surface area contributed by atoms with Gasteiger partial charge in [0, 0.05) is 11.8 Å². The third kappa shape index (κ3) is 2.67. The topological polar surface area (TPSA) is 126 Å². The Bertz CT molecular complexity index is 925. The number of hydrogen-bond acceptors (Lipinski definition) is 6. The van der Waals surface area contributed by atoms with Gasteiger partial charge in [0.1, 0.15) is 11.5 Å². The fourth-order valence-electron chi connectivity index (χ4n) is 3.54. The molecular formula is C17H19N3O5. The third-order valence-corrected chi connectivity index (χ3v) is 5.19. The summed E-state index contributed by atoms with van der Waals surface area (Å²) < 4.78 is 5.32. The van der Waals surface area contributed by atoms with Crippen LogP contribution in [0.3, 0.4) is 0 Å². The molecule has 1 saturated carbocycles. The van der Waals surface area contributed by atoms with Crippen LogP contribution in [0.4, 0.5) is 0 Å². The molecule has 3 rings (SSSR count). The summed E-state index contributed by atoms with van der Waals surface area (Å²) in [5.74, 6) is -0.677. The minimum atomic E-state index is -1.21. The molecule has 0 amide bonds. The fraction of sp³-hybridized carbons (Fsp3) is 0.471. The summed E-state index contributed by atoms with van der Waals surface area (Å²) in [5.41, 5.74) is -0.496. The molecule has 1 fully saturated rings. The van der Waals surface area contributed by atoms with Crippen LogP contribution >= 0.6 is 0 Å². The Kier molecular flexibility index (Phi) is 3.85. The Balaban J connectivity index is 1.93. The predicted octanol–water partition coefficient (Wildman–Crippen LogP) is 2.15. The van der Waals surface area contributed by atoms with Gasteiger partial charge in [0.15, 0.2) is 0 Å². The molecule has 0 spiro atoms. The van der Waals surface area contributed by atoms with E-state index in [0.717, 1.165) is 0 Å². The van der Waals surface area contributed by atoms with E-state index in [1.54, 1.807) is 13.8 Å². The van der Waals surface area contributed by atoms with E-state index in [9.17, 15) is 14.4 Å². The number of pyridine rings is 1. The Hall–Kier alpha value is -2.77. The van der Waals surface area contributed by atoms with Gasteiger partial charge in [0.2, 0.25) is 11.7 Å². The summed E-state index contributed by atoms with van der Waals surface area (Å²) in [7, 11) is 0. The molecule has 2 heterocycles. The van der Waals surface area contributed by atoms with Crippen LogP contribution in [0.25, 0.3) is 11.4 Å². The summed E-state index contributed by atoms with van der Waals surface area (Å²) in [5, 5.41) is 12.9. The highest BCUT2D eigenvalue weighted by molar-refractivity contribution is 5.87. The molecule has 2 atom stereocenters. The summed E-state index contributed by atoms with van der Waals surface area (Å²) in [6.07, 6.45) is 0.636. The van der Waals surface area contributed by atoms with Crippen molar-refractivity contribution in [2.24, 2.45) is 11.3 Å². The molecule has 0 radical (unpaired) electrons. The van der Waals surface area contributed by atoms with E-state index < -0.39 is 11.5 Å². The lowest BCUT2D eigenvalue weighted by Crippen LogP contribution is -2.46. The number of carboxylic acids is 1. The number of ketones is 1. The zero-order chi connectivity index (χ0) is 18.5. The molecule has 8 heteroatoms. The standard InChI is InChI=1S/C17H19N3O5/c1-7-5-9(14(22)18-12(7)16(23)24)13-19-15(25-20-13)11-6-10(8(2)21)17(11,3)4/h5,10-11H,6H2,1-4H3,(H,18,22)(H,23,24)/t10-,11+/m0/s1. The number of rotatable bonds is 4. The quantitative estimate of drug-likeness (QED) is 0.869. The summed E-state index contributed by atoms with van der Waals surface area (Å²) in [4.78, 5) is 41.5. The number of nitrogens with one attached hydrogen (secondary N) is 1.